The molecule has 18 heavy (non-hydrogen) atoms. The summed E-state index contributed by atoms with van der Waals surface area (Å²) in [7, 11) is 0. The van der Waals surface area contributed by atoms with Crippen LogP contribution in [-0.4, -0.2) is 70.9 Å². The minimum Gasteiger partial charge on any atom is -0.394 e. The molecule has 0 radical (unpaired) electrons. The van der Waals surface area contributed by atoms with Crippen LogP contribution in [0.5, 0.6) is 0 Å². The van der Waals surface area contributed by atoms with Crippen molar-refractivity contribution in [2.75, 3.05) is 6.61 Å². The molecule has 4 N–H and O–H groups in total. The maximum Gasteiger partial charge on any atom is 0.159 e. The van der Waals surface area contributed by atoms with Gasteiger partial charge in [0.2, 0.25) is 0 Å². The predicted octanol–water partition coefficient (Wildman–Crippen LogP) is -2.11. The van der Waals surface area contributed by atoms with Gasteiger partial charge in [0.25, 0.3) is 0 Å². The van der Waals surface area contributed by atoms with Crippen LogP contribution < -0.4 is 5.73 Å². The van der Waals surface area contributed by atoms with Crippen LogP contribution in [-0.2, 0) is 4.74 Å². The number of hydrogen-bond donors (Lipinski definition) is 3. The summed E-state index contributed by atoms with van der Waals surface area (Å²) in [5.74, 6) is 0.403. The summed E-state index contributed by atoms with van der Waals surface area (Å²) in [5.41, 5.74) is 5.74. The molecule has 0 spiro atoms. The fourth-order valence-electron chi connectivity index (χ4n) is 2.42. The van der Waals surface area contributed by atoms with Gasteiger partial charge in [-0.05, 0) is 0 Å². The first-order valence-corrected chi connectivity index (χ1v) is 5.80. The number of nitrogens with zero attached hydrogens (tertiary/aromatic N) is 4. The number of nitrogens with two attached hydrogens (primary N) is 1. The zero-order valence-electron chi connectivity index (χ0n) is 9.62. The quantitative estimate of drug-likeness (QED) is 0.521. The SMILES string of the molecule is NC1=NC=NC2C1N=CN2[C@@H]1O[C@H](CO)CC1O. The summed E-state index contributed by atoms with van der Waals surface area (Å²) in [4.78, 5) is 14.1. The van der Waals surface area contributed by atoms with Crippen molar-refractivity contribution in [1.29, 1.82) is 0 Å². The maximum atomic E-state index is 9.95. The molecule has 0 aromatic heterocycles. The molecule has 0 aromatic carbocycles. The highest BCUT2D eigenvalue weighted by molar-refractivity contribution is 5.96. The standard InChI is InChI=1S/C10H15N5O3/c11-8-7-9(13-3-12-8)15(4-14-7)10-6(17)1-5(2-16)18-10/h3-7,9-10,16-17H,1-2H2,(H2,11,12,13)/t5-,6?,7?,9?,10+/m0/s1. The normalized spacial score (nSPS) is 42.2. The number of aliphatic hydroxyl groups is 2. The van der Waals surface area contributed by atoms with Gasteiger partial charge in [0, 0.05) is 6.42 Å². The Balaban J connectivity index is 1.77. The predicted molar refractivity (Wildman–Crippen MR) is 64.4 cm³/mol. The number of aliphatic hydroxyl groups excluding tert-OH is 2. The highest BCUT2D eigenvalue weighted by atomic mass is 16.5. The van der Waals surface area contributed by atoms with E-state index >= 15 is 0 Å². The Bertz CT molecular complexity index is 424. The van der Waals surface area contributed by atoms with E-state index in [0.29, 0.717) is 12.3 Å². The molecule has 0 aromatic rings. The molecule has 3 unspecified atom stereocenters. The third kappa shape index (κ3) is 1.69. The number of ether oxygens (including phenoxy) is 1. The molecule has 8 heteroatoms. The van der Waals surface area contributed by atoms with E-state index in [0.717, 1.165) is 0 Å². The van der Waals surface area contributed by atoms with E-state index in [1.54, 1.807) is 11.2 Å². The Morgan fingerprint density at radius 3 is 3.06 bits per heavy atom. The van der Waals surface area contributed by atoms with Crippen molar-refractivity contribution in [1.82, 2.24) is 4.90 Å². The van der Waals surface area contributed by atoms with Crippen LogP contribution in [0.2, 0.25) is 0 Å². The summed E-state index contributed by atoms with van der Waals surface area (Å²) in [6.07, 6.45) is 1.47. The topological polar surface area (TPSA) is 116 Å². The van der Waals surface area contributed by atoms with E-state index in [9.17, 15) is 5.11 Å². The van der Waals surface area contributed by atoms with E-state index in [1.165, 1.54) is 6.34 Å². The largest absolute Gasteiger partial charge is 0.394 e. The third-order valence-electron chi connectivity index (χ3n) is 3.34. The molecule has 0 saturated carbocycles. The van der Waals surface area contributed by atoms with Crippen LogP contribution in [0.1, 0.15) is 6.42 Å². The van der Waals surface area contributed by atoms with Gasteiger partial charge in [-0.1, -0.05) is 0 Å². The fraction of sp³-hybridized carbons (Fsp3) is 0.700. The summed E-state index contributed by atoms with van der Waals surface area (Å²) in [5, 5.41) is 19.0. The van der Waals surface area contributed by atoms with Crippen molar-refractivity contribution in [2.45, 2.75) is 37.1 Å². The van der Waals surface area contributed by atoms with Crippen LogP contribution in [0.4, 0.5) is 0 Å². The number of amidine groups is 1. The Morgan fingerprint density at radius 2 is 2.33 bits per heavy atom. The molecule has 1 saturated heterocycles. The van der Waals surface area contributed by atoms with Crippen molar-refractivity contribution in [3.8, 4) is 0 Å². The molecule has 0 bridgehead atoms. The lowest BCUT2D eigenvalue weighted by molar-refractivity contribution is -0.0772. The van der Waals surface area contributed by atoms with Gasteiger partial charge in [0.15, 0.2) is 12.4 Å². The van der Waals surface area contributed by atoms with E-state index < -0.39 is 12.3 Å². The minimum absolute atomic E-state index is 0.112. The van der Waals surface area contributed by atoms with Gasteiger partial charge in [0.05, 0.1) is 19.0 Å². The molecule has 3 heterocycles. The van der Waals surface area contributed by atoms with Crippen molar-refractivity contribution < 1.29 is 14.9 Å². The van der Waals surface area contributed by atoms with Crippen molar-refractivity contribution in [3.63, 3.8) is 0 Å². The summed E-state index contributed by atoms with van der Waals surface area (Å²) >= 11 is 0. The highest BCUT2D eigenvalue weighted by Crippen LogP contribution is 2.28. The summed E-state index contributed by atoms with van der Waals surface area (Å²) in [6, 6.07) is -0.320. The molecule has 0 amide bonds. The average molecular weight is 253 g/mol. The van der Waals surface area contributed by atoms with Gasteiger partial charge >= 0.3 is 0 Å². The van der Waals surface area contributed by atoms with E-state index in [4.69, 9.17) is 15.6 Å². The second kappa shape index (κ2) is 4.30. The summed E-state index contributed by atoms with van der Waals surface area (Å²) in [6.45, 7) is -0.112. The zero-order chi connectivity index (χ0) is 12.7. The molecule has 8 nitrogen and oxygen atoms in total. The first kappa shape index (κ1) is 11.6. The van der Waals surface area contributed by atoms with Crippen LogP contribution in [0.3, 0.4) is 0 Å². The Morgan fingerprint density at radius 1 is 1.50 bits per heavy atom. The minimum atomic E-state index is -0.678. The zero-order valence-corrected chi connectivity index (χ0v) is 9.62. The van der Waals surface area contributed by atoms with Gasteiger partial charge < -0.3 is 25.6 Å². The van der Waals surface area contributed by atoms with Gasteiger partial charge in [-0.3, -0.25) is 4.99 Å². The second-order valence-corrected chi connectivity index (χ2v) is 4.52. The van der Waals surface area contributed by atoms with Crippen LogP contribution >= 0.6 is 0 Å². The molecular formula is C10H15N5O3. The number of fused-ring (bicyclic) bond motifs is 1. The highest BCUT2D eigenvalue weighted by Gasteiger charge is 2.44. The van der Waals surface area contributed by atoms with E-state index in [2.05, 4.69) is 15.0 Å². The number of hydrogen-bond acceptors (Lipinski definition) is 8. The monoisotopic (exact) mass is 253 g/mol. The van der Waals surface area contributed by atoms with Crippen LogP contribution in [0.15, 0.2) is 15.0 Å². The molecule has 3 aliphatic rings. The van der Waals surface area contributed by atoms with E-state index in [1.807, 2.05) is 0 Å². The number of aliphatic imine (C=N–C) groups is 3. The first-order chi connectivity index (χ1) is 8.70. The lowest BCUT2D eigenvalue weighted by Gasteiger charge is -2.31. The van der Waals surface area contributed by atoms with Crippen molar-refractivity contribution in [2.24, 2.45) is 20.7 Å². The third-order valence-corrected chi connectivity index (χ3v) is 3.34. The average Bonchev–Trinajstić information content (AvgIpc) is 2.93. The molecule has 1 fully saturated rings. The van der Waals surface area contributed by atoms with Crippen molar-refractivity contribution >= 4 is 18.5 Å². The smallest absolute Gasteiger partial charge is 0.159 e. The van der Waals surface area contributed by atoms with Gasteiger partial charge in [-0.2, -0.15) is 0 Å². The van der Waals surface area contributed by atoms with Gasteiger partial charge in [0.1, 0.15) is 24.3 Å². The fourth-order valence-corrected chi connectivity index (χ4v) is 2.42. The summed E-state index contributed by atoms with van der Waals surface area (Å²) < 4.78 is 5.57. The molecular weight excluding hydrogens is 238 g/mol. The molecule has 3 rings (SSSR count). The van der Waals surface area contributed by atoms with Crippen LogP contribution in [0.25, 0.3) is 0 Å². The Labute approximate surface area is 103 Å². The number of rotatable bonds is 2. The van der Waals surface area contributed by atoms with E-state index in [-0.39, 0.29) is 24.9 Å². The molecule has 98 valence electrons. The van der Waals surface area contributed by atoms with Gasteiger partial charge in [-0.25, -0.2) is 9.98 Å². The molecule has 3 aliphatic heterocycles. The molecule has 0 aliphatic carbocycles. The Kier molecular flexibility index (Phi) is 2.77. The van der Waals surface area contributed by atoms with Crippen LogP contribution in [0, 0.1) is 0 Å². The molecule has 5 atom stereocenters. The lowest BCUT2D eigenvalue weighted by atomic mass is 10.1. The second-order valence-electron chi connectivity index (χ2n) is 4.52. The van der Waals surface area contributed by atoms with Crippen molar-refractivity contribution in [3.05, 3.63) is 0 Å². The Hall–Kier alpha value is -1.51. The first-order valence-electron chi connectivity index (χ1n) is 5.80. The maximum absolute atomic E-state index is 9.95. The van der Waals surface area contributed by atoms with Gasteiger partial charge in [-0.15, -0.1) is 0 Å². The lowest BCUT2D eigenvalue weighted by Crippen LogP contribution is -2.50.